The third-order valence-corrected chi connectivity index (χ3v) is 7.34. The SMILES string of the molecule is CC(=O)Nc1ccc(C(=O)N2CCC3(C)c4cccc(O)c4CC2C3(C)C)cc1. The fourth-order valence-electron chi connectivity index (χ4n) is 5.23. The maximum absolute atomic E-state index is 13.4. The van der Waals surface area contributed by atoms with Crippen molar-refractivity contribution in [3.05, 3.63) is 59.2 Å². The van der Waals surface area contributed by atoms with Crippen LogP contribution in [0.4, 0.5) is 5.69 Å². The van der Waals surface area contributed by atoms with Crippen LogP contribution in [-0.2, 0) is 16.6 Å². The number of hydrogen-bond acceptors (Lipinski definition) is 3. The lowest BCUT2D eigenvalue weighted by Gasteiger charge is -2.60. The first-order valence-corrected chi connectivity index (χ1v) is 10.1. The number of hydrogen-bond donors (Lipinski definition) is 2. The molecule has 29 heavy (non-hydrogen) atoms. The molecule has 2 bridgehead atoms. The van der Waals surface area contributed by atoms with Crippen LogP contribution in [0.5, 0.6) is 5.75 Å². The van der Waals surface area contributed by atoms with Gasteiger partial charge in [0.05, 0.1) is 0 Å². The molecule has 2 aromatic carbocycles. The molecule has 5 heteroatoms. The third-order valence-electron chi connectivity index (χ3n) is 7.34. The first-order valence-electron chi connectivity index (χ1n) is 10.1. The third kappa shape index (κ3) is 2.91. The molecular weight excluding hydrogens is 364 g/mol. The largest absolute Gasteiger partial charge is 0.508 e. The smallest absolute Gasteiger partial charge is 0.254 e. The fourth-order valence-corrected chi connectivity index (χ4v) is 5.23. The number of carbonyl (C=O) groups excluding carboxylic acids is 2. The highest BCUT2D eigenvalue weighted by molar-refractivity contribution is 5.96. The molecule has 2 atom stereocenters. The quantitative estimate of drug-likeness (QED) is 0.808. The average molecular weight is 392 g/mol. The van der Waals surface area contributed by atoms with Gasteiger partial charge < -0.3 is 15.3 Å². The van der Waals surface area contributed by atoms with Crippen LogP contribution in [0.1, 0.15) is 55.6 Å². The second-order valence-electron chi connectivity index (χ2n) is 9.08. The first kappa shape index (κ1) is 19.5. The van der Waals surface area contributed by atoms with Gasteiger partial charge in [-0.25, -0.2) is 0 Å². The van der Waals surface area contributed by atoms with Crippen molar-refractivity contribution < 1.29 is 14.7 Å². The van der Waals surface area contributed by atoms with E-state index in [9.17, 15) is 14.7 Å². The molecule has 4 rings (SSSR count). The van der Waals surface area contributed by atoms with E-state index in [1.54, 1.807) is 30.3 Å². The van der Waals surface area contributed by atoms with Gasteiger partial charge in [0.25, 0.3) is 5.91 Å². The molecule has 0 saturated carbocycles. The van der Waals surface area contributed by atoms with Crippen molar-refractivity contribution in [2.45, 2.75) is 52.0 Å². The zero-order valence-electron chi connectivity index (χ0n) is 17.5. The van der Waals surface area contributed by atoms with E-state index in [4.69, 9.17) is 0 Å². The molecule has 2 unspecified atom stereocenters. The van der Waals surface area contributed by atoms with Crippen LogP contribution in [0.15, 0.2) is 42.5 Å². The molecular formula is C24H28N2O3. The van der Waals surface area contributed by atoms with Crippen molar-refractivity contribution in [3.8, 4) is 5.75 Å². The molecule has 2 aliphatic rings. The lowest BCUT2D eigenvalue weighted by Crippen LogP contribution is -2.64. The normalized spacial score (nSPS) is 24.6. The molecule has 2 aromatic rings. The van der Waals surface area contributed by atoms with Crippen molar-refractivity contribution in [2.24, 2.45) is 5.41 Å². The fraction of sp³-hybridized carbons (Fsp3) is 0.417. The summed E-state index contributed by atoms with van der Waals surface area (Å²) in [6.45, 7) is 8.89. The Labute approximate surface area is 171 Å². The number of carbonyl (C=O) groups is 2. The zero-order valence-corrected chi connectivity index (χ0v) is 17.5. The van der Waals surface area contributed by atoms with Crippen LogP contribution < -0.4 is 5.32 Å². The van der Waals surface area contributed by atoms with Crippen LogP contribution in [0.2, 0.25) is 0 Å². The van der Waals surface area contributed by atoms with E-state index < -0.39 is 0 Å². The van der Waals surface area contributed by atoms with Gasteiger partial charge in [-0.15, -0.1) is 0 Å². The molecule has 1 aliphatic carbocycles. The second-order valence-corrected chi connectivity index (χ2v) is 9.08. The molecule has 0 spiro atoms. The molecule has 2 N–H and O–H groups in total. The van der Waals surface area contributed by atoms with Gasteiger partial charge in [-0.3, -0.25) is 9.59 Å². The second kappa shape index (κ2) is 6.61. The summed E-state index contributed by atoms with van der Waals surface area (Å²) < 4.78 is 0. The first-order chi connectivity index (χ1) is 13.6. The van der Waals surface area contributed by atoms with E-state index in [1.165, 1.54) is 12.5 Å². The number of nitrogens with zero attached hydrogens (tertiary/aromatic N) is 1. The highest BCUT2D eigenvalue weighted by Gasteiger charge is 2.57. The van der Waals surface area contributed by atoms with Crippen molar-refractivity contribution in [3.63, 3.8) is 0 Å². The monoisotopic (exact) mass is 392 g/mol. The number of nitrogens with one attached hydrogen (secondary N) is 1. The van der Waals surface area contributed by atoms with Crippen molar-refractivity contribution >= 4 is 17.5 Å². The van der Waals surface area contributed by atoms with Crippen LogP contribution in [0, 0.1) is 5.41 Å². The van der Waals surface area contributed by atoms with Gasteiger partial charge >= 0.3 is 0 Å². The minimum absolute atomic E-state index is 0.00151. The minimum atomic E-state index is -0.137. The molecule has 5 nitrogen and oxygen atoms in total. The number of benzene rings is 2. The Balaban J connectivity index is 1.68. The predicted octanol–water partition coefficient (Wildman–Crippen LogP) is 4.11. The van der Waals surface area contributed by atoms with E-state index in [1.807, 2.05) is 11.0 Å². The van der Waals surface area contributed by atoms with Crippen LogP contribution in [0.3, 0.4) is 0 Å². The van der Waals surface area contributed by atoms with E-state index in [0.29, 0.717) is 30.0 Å². The van der Waals surface area contributed by atoms with Crippen molar-refractivity contribution in [2.75, 3.05) is 11.9 Å². The topological polar surface area (TPSA) is 69.6 Å². The van der Waals surface area contributed by atoms with Crippen LogP contribution in [-0.4, -0.2) is 34.4 Å². The molecule has 1 saturated heterocycles. The number of phenolic OH excluding ortho intramolecular Hbond substituents is 1. The predicted molar refractivity (Wildman–Crippen MR) is 113 cm³/mol. The Morgan fingerprint density at radius 3 is 2.45 bits per heavy atom. The number of amides is 2. The number of phenols is 1. The Hall–Kier alpha value is -2.82. The molecule has 2 amide bonds. The lowest BCUT2D eigenvalue weighted by atomic mass is 9.51. The standard InChI is InChI=1S/C24H28N2O3/c1-15(27)25-17-10-8-16(9-11-17)22(29)26-13-12-24(4)19-6-5-7-20(28)18(19)14-21(26)23(24,2)3/h5-11,21,28H,12-14H2,1-4H3,(H,25,27). The van der Waals surface area contributed by atoms with E-state index in [0.717, 1.165) is 12.0 Å². The summed E-state index contributed by atoms with van der Waals surface area (Å²) in [5.74, 6) is 0.184. The van der Waals surface area contributed by atoms with Gasteiger partial charge in [-0.05, 0) is 59.7 Å². The van der Waals surface area contributed by atoms with Crippen molar-refractivity contribution in [1.82, 2.24) is 4.90 Å². The summed E-state index contributed by atoms with van der Waals surface area (Å²) in [5, 5.41) is 13.2. The molecule has 1 heterocycles. The maximum atomic E-state index is 13.4. The number of piperidine rings is 1. The summed E-state index contributed by atoms with van der Waals surface area (Å²) >= 11 is 0. The molecule has 1 fully saturated rings. The molecule has 0 radical (unpaired) electrons. The summed E-state index contributed by atoms with van der Waals surface area (Å²) in [7, 11) is 0. The summed E-state index contributed by atoms with van der Waals surface area (Å²) in [4.78, 5) is 26.6. The van der Waals surface area contributed by atoms with Gasteiger partial charge in [0.15, 0.2) is 0 Å². The highest BCUT2D eigenvalue weighted by atomic mass is 16.3. The van der Waals surface area contributed by atoms with Gasteiger partial charge in [0.2, 0.25) is 5.91 Å². The lowest BCUT2D eigenvalue weighted by molar-refractivity contribution is -0.114. The van der Waals surface area contributed by atoms with Gasteiger partial charge in [0, 0.05) is 36.2 Å². The summed E-state index contributed by atoms with van der Waals surface area (Å²) in [6.07, 6.45) is 1.50. The number of anilines is 1. The molecule has 0 aromatic heterocycles. The summed E-state index contributed by atoms with van der Waals surface area (Å²) in [5.41, 5.74) is 3.25. The number of fused-ring (bicyclic) bond motifs is 4. The van der Waals surface area contributed by atoms with Crippen LogP contribution >= 0.6 is 0 Å². The van der Waals surface area contributed by atoms with Gasteiger partial charge in [-0.1, -0.05) is 32.9 Å². The van der Waals surface area contributed by atoms with Crippen molar-refractivity contribution in [1.29, 1.82) is 0 Å². The van der Waals surface area contributed by atoms with Gasteiger partial charge in [-0.2, -0.15) is 0 Å². The highest BCUT2D eigenvalue weighted by Crippen LogP contribution is 2.57. The van der Waals surface area contributed by atoms with E-state index in [2.05, 4.69) is 32.2 Å². The summed E-state index contributed by atoms with van der Waals surface area (Å²) in [6, 6.07) is 12.8. The molecule has 1 aliphatic heterocycles. The Kier molecular flexibility index (Phi) is 4.45. The zero-order chi connectivity index (χ0) is 21.0. The minimum Gasteiger partial charge on any atom is -0.508 e. The molecule has 152 valence electrons. The van der Waals surface area contributed by atoms with Gasteiger partial charge in [0.1, 0.15) is 5.75 Å². The van der Waals surface area contributed by atoms with E-state index in [-0.39, 0.29) is 28.7 Å². The number of likely N-dealkylation sites (tertiary alicyclic amines) is 1. The Morgan fingerprint density at radius 1 is 1.10 bits per heavy atom. The number of aromatic hydroxyl groups is 1. The maximum Gasteiger partial charge on any atom is 0.254 e. The number of rotatable bonds is 2. The van der Waals surface area contributed by atoms with Crippen LogP contribution in [0.25, 0.3) is 0 Å². The average Bonchev–Trinajstić information content (AvgIpc) is 2.65. The Morgan fingerprint density at radius 2 is 1.79 bits per heavy atom. The van der Waals surface area contributed by atoms with E-state index >= 15 is 0 Å². The Bertz CT molecular complexity index is 980.